The molecule has 0 aliphatic carbocycles. The Hall–Kier alpha value is -0.840. The van der Waals surface area contributed by atoms with Gasteiger partial charge in [0.25, 0.3) is 0 Å². The van der Waals surface area contributed by atoms with Crippen LogP contribution in [0, 0.1) is 0 Å². The lowest BCUT2D eigenvalue weighted by Crippen LogP contribution is -2.45. The molecule has 1 aliphatic heterocycles. The summed E-state index contributed by atoms with van der Waals surface area (Å²) in [7, 11) is 0. The molecule has 1 atom stereocenters. The van der Waals surface area contributed by atoms with Crippen LogP contribution in [0.25, 0.3) is 0 Å². The number of hydrogen-bond donors (Lipinski definition) is 2. The summed E-state index contributed by atoms with van der Waals surface area (Å²) in [5, 5.41) is 9.90. The van der Waals surface area contributed by atoms with E-state index in [0.717, 1.165) is 31.7 Å². The summed E-state index contributed by atoms with van der Waals surface area (Å²) in [5.41, 5.74) is 5.28. The number of piperidine rings is 1. The number of hydrogen-bond acceptors (Lipinski definition) is 4. The Morgan fingerprint density at radius 3 is 2.75 bits per heavy atom. The molecule has 0 saturated carbocycles. The molecule has 1 aromatic heterocycles. The average Bonchev–Trinajstić information content (AvgIpc) is 2.75. The quantitative estimate of drug-likeness (QED) is 0.808. The molecule has 1 aliphatic rings. The van der Waals surface area contributed by atoms with Crippen molar-refractivity contribution in [1.29, 1.82) is 0 Å². The SMILES string of the molecule is CC1(O)CCN(C(CN)c2ccco2)CC1. The van der Waals surface area contributed by atoms with E-state index in [2.05, 4.69) is 4.90 Å². The first kappa shape index (κ1) is 11.6. The minimum atomic E-state index is -0.515. The van der Waals surface area contributed by atoms with Crippen molar-refractivity contribution in [3.8, 4) is 0 Å². The molecule has 0 radical (unpaired) electrons. The Bertz CT molecular complexity index is 312. The molecule has 3 N–H and O–H groups in total. The molecule has 0 amide bonds. The molecule has 2 rings (SSSR count). The summed E-state index contributed by atoms with van der Waals surface area (Å²) in [6.07, 6.45) is 3.27. The number of nitrogens with zero attached hydrogens (tertiary/aromatic N) is 1. The predicted molar refractivity (Wildman–Crippen MR) is 61.9 cm³/mol. The van der Waals surface area contributed by atoms with Crippen LogP contribution >= 0.6 is 0 Å². The number of furan rings is 1. The fourth-order valence-electron chi connectivity index (χ4n) is 2.24. The number of rotatable bonds is 3. The summed E-state index contributed by atoms with van der Waals surface area (Å²) >= 11 is 0. The van der Waals surface area contributed by atoms with Crippen LogP contribution in [-0.2, 0) is 0 Å². The summed E-state index contributed by atoms with van der Waals surface area (Å²) in [4.78, 5) is 2.29. The maximum Gasteiger partial charge on any atom is 0.122 e. The van der Waals surface area contributed by atoms with Crippen LogP contribution in [0.15, 0.2) is 22.8 Å². The van der Waals surface area contributed by atoms with E-state index in [9.17, 15) is 5.11 Å². The summed E-state index contributed by atoms with van der Waals surface area (Å²) in [6.45, 7) is 4.19. The van der Waals surface area contributed by atoms with Gasteiger partial charge in [-0.3, -0.25) is 4.90 Å². The van der Waals surface area contributed by atoms with Gasteiger partial charge in [0.05, 0.1) is 17.9 Å². The lowest BCUT2D eigenvalue weighted by molar-refractivity contribution is -0.0183. The van der Waals surface area contributed by atoms with Gasteiger partial charge in [0, 0.05) is 19.6 Å². The molecule has 1 unspecified atom stereocenters. The van der Waals surface area contributed by atoms with E-state index in [1.165, 1.54) is 0 Å². The maximum absolute atomic E-state index is 9.90. The second-order valence-electron chi connectivity index (χ2n) is 4.80. The van der Waals surface area contributed by atoms with Gasteiger partial charge in [0.2, 0.25) is 0 Å². The van der Waals surface area contributed by atoms with Crippen molar-refractivity contribution in [3.63, 3.8) is 0 Å². The van der Waals surface area contributed by atoms with Gasteiger partial charge in [0.1, 0.15) is 5.76 Å². The van der Waals surface area contributed by atoms with E-state index in [1.54, 1.807) is 6.26 Å². The molecule has 4 heteroatoms. The minimum Gasteiger partial charge on any atom is -0.468 e. The highest BCUT2D eigenvalue weighted by atomic mass is 16.3. The highest BCUT2D eigenvalue weighted by Gasteiger charge is 2.31. The van der Waals surface area contributed by atoms with E-state index < -0.39 is 5.60 Å². The summed E-state index contributed by atoms with van der Waals surface area (Å²) in [6, 6.07) is 3.99. The third-order valence-electron chi connectivity index (χ3n) is 3.41. The lowest BCUT2D eigenvalue weighted by Gasteiger charge is -2.39. The van der Waals surface area contributed by atoms with Gasteiger partial charge in [-0.15, -0.1) is 0 Å². The highest BCUT2D eigenvalue weighted by Crippen LogP contribution is 2.28. The van der Waals surface area contributed by atoms with Gasteiger partial charge in [-0.1, -0.05) is 0 Å². The van der Waals surface area contributed by atoms with Crippen molar-refractivity contribution < 1.29 is 9.52 Å². The minimum absolute atomic E-state index is 0.145. The van der Waals surface area contributed by atoms with Gasteiger partial charge < -0.3 is 15.3 Å². The first-order valence-corrected chi connectivity index (χ1v) is 5.82. The topological polar surface area (TPSA) is 62.6 Å². The molecule has 1 saturated heterocycles. The van der Waals surface area contributed by atoms with E-state index in [1.807, 2.05) is 19.1 Å². The largest absolute Gasteiger partial charge is 0.468 e. The maximum atomic E-state index is 9.90. The molecule has 1 fully saturated rings. The van der Waals surface area contributed by atoms with Crippen LogP contribution in [0.1, 0.15) is 31.6 Å². The monoisotopic (exact) mass is 224 g/mol. The number of nitrogens with two attached hydrogens (primary N) is 1. The van der Waals surface area contributed by atoms with Crippen molar-refractivity contribution >= 4 is 0 Å². The summed E-state index contributed by atoms with van der Waals surface area (Å²) in [5.74, 6) is 0.920. The normalized spacial score (nSPS) is 23.2. The van der Waals surface area contributed by atoms with Gasteiger partial charge in [-0.05, 0) is 31.9 Å². The zero-order chi connectivity index (χ0) is 11.6. The van der Waals surface area contributed by atoms with E-state index >= 15 is 0 Å². The lowest BCUT2D eigenvalue weighted by atomic mass is 9.92. The van der Waals surface area contributed by atoms with Crippen LogP contribution in [0.3, 0.4) is 0 Å². The van der Waals surface area contributed by atoms with Crippen molar-refractivity contribution in [2.45, 2.75) is 31.4 Å². The fourth-order valence-corrected chi connectivity index (χ4v) is 2.24. The zero-order valence-electron chi connectivity index (χ0n) is 9.72. The second kappa shape index (κ2) is 4.57. The molecular weight excluding hydrogens is 204 g/mol. The molecule has 0 bridgehead atoms. The number of likely N-dealkylation sites (tertiary alicyclic amines) is 1. The van der Waals surface area contributed by atoms with Gasteiger partial charge in [0.15, 0.2) is 0 Å². The molecular formula is C12H20N2O2. The second-order valence-corrected chi connectivity index (χ2v) is 4.80. The Kier molecular flexibility index (Phi) is 3.33. The van der Waals surface area contributed by atoms with Crippen molar-refractivity contribution in [2.24, 2.45) is 5.73 Å². The Morgan fingerprint density at radius 2 is 2.25 bits per heavy atom. The molecule has 16 heavy (non-hydrogen) atoms. The average molecular weight is 224 g/mol. The van der Waals surface area contributed by atoms with Crippen molar-refractivity contribution in [2.75, 3.05) is 19.6 Å². The standard InChI is InChI=1S/C12H20N2O2/c1-12(15)4-6-14(7-5-12)10(9-13)11-3-2-8-16-11/h2-3,8,10,15H,4-7,9,13H2,1H3. The molecule has 90 valence electrons. The first-order valence-electron chi connectivity index (χ1n) is 5.82. The molecule has 0 spiro atoms. The molecule has 4 nitrogen and oxygen atoms in total. The Balaban J connectivity index is 2.02. The molecule has 1 aromatic rings. The Morgan fingerprint density at radius 1 is 1.56 bits per heavy atom. The van der Waals surface area contributed by atoms with Crippen LogP contribution < -0.4 is 5.73 Å². The molecule has 0 aromatic carbocycles. The van der Waals surface area contributed by atoms with Crippen molar-refractivity contribution in [3.05, 3.63) is 24.2 Å². The highest BCUT2D eigenvalue weighted by molar-refractivity contribution is 5.06. The van der Waals surface area contributed by atoms with E-state index in [4.69, 9.17) is 10.2 Å². The van der Waals surface area contributed by atoms with Crippen LogP contribution in [0.2, 0.25) is 0 Å². The van der Waals surface area contributed by atoms with E-state index in [-0.39, 0.29) is 6.04 Å². The first-order chi connectivity index (χ1) is 7.62. The zero-order valence-corrected chi connectivity index (χ0v) is 9.72. The van der Waals surface area contributed by atoms with Crippen LogP contribution in [0.5, 0.6) is 0 Å². The van der Waals surface area contributed by atoms with Gasteiger partial charge >= 0.3 is 0 Å². The van der Waals surface area contributed by atoms with Crippen LogP contribution in [-0.4, -0.2) is 35.2 Å². The summed E-state index contributed by atoms with van der Waals surface area (Å²) < 4.78 is 5.41. The Labute approximate surface area is 96.0 Å². The molecule has 2 heterocycles. The van der Waals surface area contributed by atoms with E-state index in [0.29, 0.717) is 6.54 Å². The van der Waals surface area contributed by atoms with Gasteiger partial charge in [-0.25, -0.2) is 0 Å². The van der Waals surface area contributed by atoms with Crippen molar-refractivity contribution in [1.82, 2.24) is 4.90 Å². The van der Waals surface area contributed by atoms with Crippen LogP contribution in [0.4, 0.5) is 0 Å². The smallest absolute Gasteiger partial charge is 0.122 e. The van der Waals surface area contributed by atoms with Gasteiger partial charge in [-0.2, -0.15) is 0 Å². The predicted octanol–water partition coefficient (Wildman–Crippen LogP) is 1.13. The third kappa shape index (κ3) is 2.45. The fraction of sp³-hybridized carbons (Fsp3) is 0.667. The number of aliphatic hydroxyl groups is 1. The third-order valence-corrected chi connectivity index (χ3v) is 3.41.